The zero-order chi connectivity index (χ0) is 21.8. The number of benzene rings is 2. The molecule has 0 aliphatic carbocycles. The maximum absolute atomic E-state index is 13.7. The van der Waals surface area contributed by atoms with Crippen molar-refractivity contribution < 1.29 is 22.7 Å². The van der Waals surface area contributed by atoms with Crippen LogP contribution < -0.4 is 9.64 Å². The van der Waals surface area contributed by atoms with Gasteiger partial charge in [0, 0.05) is 10.6 Å². The van der Waals surface area contributed by atoms with Gasteiger partial charge in [-0.2, -0.15) is 0 Å². The first-order chi connectivity index (χ1) is 15.0. The van der Waals surface area contributed by atoms with E-state index < -0.39 is 15.7 Å². The number of hydrogen-bond acceptors (Lipinski definition) is 6. The maximum Gasteiger partial charge on any atom is 0.295 e. The Labute approximate surface area is 185 Å². The van der Waals surface area contributed by atoms with Crippen LogP contribution in [0, 0.1) is 0 Å². The van der Waals surface area contributed by atoms with Gasteiger partial charge < -0.3 is 14.4 Å². The lowest BCUT2D eigenvalue weighted by molar-refractivity contribution is -0.118. The van der Waals surface area contributed by atoms with Crippen molar-refractivity contribution in [2.24, 2.45) is 0 Å². The summed E-state index contributed by atoms with van der Waals surface area (Å²) < 4.78 is 36.8. The van der Waals surface area contributed by atoms with E-state index in [4.69, 9.17) is 9.47 Å². The Morgan fingerprint density at radius 2 is 1.81 bits per heavy atom. The van der Waals surface area contributed by atoms with Gasteiger partial charge in [-0.25, -0.2) is 8.42 Å². The van der Waals surface area contributed by atoms with Gasteiger partial charge in [0.1, 0.15) is 17.3 Å². The molecule has 2 heterocycles. The second-order valence-corrected chi connectivity index (χ2v) is 9.94. The highest BCUT2D eigenvalue weighted by Gasteiger charge is 2.35. The fraction of sp³-hybridized carbons (Fsp3) is 0.174. The van der Waals surface area contributed by atoms with Crippen molar-refractivity contribution in [2.75, 3.05) is 24.4 Å². The molecule has 31 heavy (non-hydrogen) atoms. The molecule has 0 saturated carbocycles. The molecule has 0 radical (unpaired) electrons. The summed E-state index contributed by atoms with van der Waals surface area (Å²) in [5, 5.41) is 1.93. The lowest BCUT2D eigenvalue weighted by Gasteiger charge is -2.27. The van der Waals surface area contributed by atoms with Crippen molar-refractivity contribution in [1.29, 1.82) is 0 Å². The van der Waals surface area contributed by atoms with Crippen LogP contribution >= 0.6 is 11.3 Å². The van der Waals surface area contributed by atoms with Crippen molar-refractivity contribution in [3.63, 3.8) is 0 Å². The fourth-order valence-electron chi connectivity index (χ4n) is 3.34. The number of rotatable bonds is 6. The van der Waals surface area contributed by atoms with E-state index in [-0.39, 0.29) is 29.6 Å². The topological polar surface area (TPSA) is 72.9 Å². The lowest BCUT2D eigenvalue weighted by atomic mass is 10.1. The van der Waals surface area contributed by atoms with E-state index >= 15 is 0 Å². The lowest BCUT2D eigenvalue weighted by Crippen LogP contribution is -2.36. The summed E-state index contributed by atoms with van der Waals surface area (Å²) in [7, 11) is -2.10. The second-order valence-electron chi connectivity index (χ2n) is 6.86. The third-order valence-electron chi connectivity index (χ3n) is 4.87. The van der Waals surface area contributed by atoms with Crippen LogP contribution in [0.2, 0.25) is 0 Å². The smallest absolute Gasteiger partial charge is 0.295 e. The molecule has 1 aromatic heterocycles. The van der Waals surface area contributed by atoms with Crippen LogP contribution in [0.25, 0.3) is 4.91 Å². The predicted molar refractivity (Wildman–Crippen MR) is 122 cm³/mol. The molecule has 4 rings (SSSR count). The van der Waals surface area contributed by atoms with E-state index in [2.05, 4.69) is 0 Å². The summed E-state index contributed by atoms with van der Waals surface area (Å²) in [5.41, 5.74) is 1.06. The van der Waals surface area contributed by atoms with Gasteiger partial charge in [0.25, 0.3) is 5.91 Å². The first-order valence-corrected chi connectivity index (χ1v) is 12.2. The first-order valence-electron chi connectivity index (χ1n) is 9.63. The second kappa shape index (κ2) is 8.95. The molecule has 1 aliphatic rings. The van der Waals surface area contributed by atoms with Crippen LogP contribution in [0.5, 0.6) is 5.75 Å². The average molecular weight is 456 g/mol. The monoisotopic (exact) mass is 455 g/mol. The van der Waals surface area contributed by atoms with Crippen molar-refractivity contribution in [2.45, 2.75) is 6.54 Å². The molecular weight excluding hydrogens is 434 g/mol. The molecule has 0 N–H and O–H groups in total. The summed E-state index contributed by atoms with van der Waals surface area (Å²) in [6, 6.07) is 19.5. The SMILES string of the molecule is COc1ccc(N(Cc2cccs2)C(=O)C2=C(c3ccccc3)S(=O)(=O)CCO2)cc1. The van der Waals surface area contributed by atoms with E-state index in [1.54, 1.807) is 61.7 Å². The molecule has 2 aromatic carbocycles. The zero-order valence-corrected chi connectivity index (χ0v) is 18.5. The molecular formula is C23H21NO5S2. The number of ether oxygens (including phenoxy) is 2. The van der Waals surface area contributed by atoms with Gasteiger partial charge in [-0.1, -0.05) is 36.4 Å². The van der Waals surface area contributed by atoms with Gasteiger partial charge in [-0.3, -0.25) is 4.79 Å². The number of hydrogen-bond donors (Lipinski definition) is 0. The Morgan fingerprint density at radius 1 is 1.06 bits per heavy atom. The van der Waals surface area contributed by atoms with Gasteiger partial charge in [0.15, 0.2) is 9.84 Å². The van der Waals surface area contributed by atoms with E-state index in [0.29, 0.717) is 17.0 Å². The van der Waals surface area contributed by atoms with Gasteiger partial charge in [-0.15, -0.1) is 11.3 Å². The van der Waals surface area contributed by atoms with E-state index in [1.807, 2.05) is 17.5 Å². The van der Waals surface area contributed by atoms with Crippen molar-refractivity contribution >= 4 is 37.7 Å². The molecule has 1 aliphatic heterocycles. The standard InChI is InChI=1S/C23H21NO5S2/c1-28-19-11-9-18(10-12-19)24(16-20-8-5-14-30-20)23(25)21-22(17-6-3-2-4-7-17)31(26,27)15-13-29-21/h2-12,14H,13,15-16H2,1H3. The van der Waals surface area contributed by atoms with Crippen LogP contribution in [0.3, 0.4) is 0 Å². The van der Waals surface area contributed by atoms with Crippen molar-refractivity contribution in [1.82, 2.24) is 0 Å². The zero-order valence-electron chi connectivity index (χ0n) is 16.9. The largest absolute Gasteiger partial charge is 0.497 e. The number of thiophene rings is 1. The molecule has 0 unspecified atom stereocenters. The van der Waals surface area contributed by atoms with Gasteiger partial charge in [-0.05, 0) is 41.3 Å². The Balaban J connectivity index is 1.83. The van der Waals surface area contributed by atoms with Crippen LogP contribution in [0.4, 0.5) is 5.69 Å². The highest BCUT2D eigenvalue weighted by molar-refractivity contribution is 8.00. The molecule has 0 bridgehead atoms. The minimum Gasteiger partial charge on any atom is -0.497 e. The quantitative estimate of drug-likeness (QED) is 0.560. The molecule has 0 atom stereocenters. The highest BCUT2D eigenvalue weighted by Crippen LogP contribution is 2.33. The van der Waals surface area contributed by atoms with Gasteiger partial charge in [0.2, 0.25) is 5.76 Å². The normalized spacial score (nSPS) is 15.3. The maximum atomic E-state index is 13.7. The summed E-state index contributed by atoms with van der Waals surface area (Å²) in [6.45, 7) is 0.229. The molecule has 8 heteroatoms. The summed E-state index contributed by atoms with van der Waals surface area (Å²) in [4.78, 5) is 16.1. The number of carbonyl (C=O) groups excluding carboxylic acids is 1. The number of carbonyl (C=O) groups is 1. The number of nitrogens with zero attached hydrogens (tertiary/aromatic N) is 1. The van der Waals surface area contributed by atoms with E-state index in [0.717, 1.165) is 4.88 Å². The summed E-state index contributed by atoms with van der Waals surface area (Å²) >= 11 is 1.52. The van der Waals surface area contributed by atoms with Crippen molar-refractivity contribution in [3.8, 4) is 5.75 Å². The van der Waals surface area contributed by atoms with Gasteiger partial charge in [0.05, 0.1) is 19.4 Å². The van der Waals surface area contributed by atoms with Crippen LogP contribution in [-0.2, 0) is 25.9 Å². The Hall–Kier alpha value is -3.10. The number of methoxy groups -OCH3 is 1. The molecule has 3 aromatic rings. The molecule has 0 saturated heterocycles. The third-order valence-corrected chi connectivity index (χ3v) is 7.48. The minimum absolute atomic E-state index is 0.0603. The van der Waals surface area contributed by atoms with E-state index in [9.17, 15) is 13.2 Å². The predicted octanol–water partition coefficient (Wildman–Crippen LogP) is 4.10. The molecule has 1 amide bonds. The third kappa shape index (κ3) is 4.50. The molecule has 0 fully saturated rings. The highest BCUT2D eigenvalue weighted by atomic mass is 32.2. The number of sulfone groups is 1. The summed E-state index contributed by atoms with van der Waals surface area (Å²) in [5.74, 6) is -0.153. The number of amides is 1. The average Bonchev–Trinajstić information content (AvgIpc) is 3.30. The Kier molecular flexibility index (Phi) is 6.11. The van der Waals surface area contributed by atoms with Crippen LogP contribution in [-0.4, -0.2) is 33.8 Å². The van der Waals surface area contributed by atoms with E-state index in [1.165, 1.54) is 16.2 Å². The minimum atomic E-state index is -3.67. The molecule has 160 valence electrons. The summed E-state index contributed by atoms with van der Waals surface area (Å²) in [6.07, 6.45) is 0. The van der Waals surface area contributed by atoms with Crippen LogP contribution in [0.1, 0.15) is 10.4 Å². The number of anilines is 1. The molecule has 0 spiro atoms. The Bertz CT molecular complexity index is 1180. The Morgan fingerprint density at radius 3 is 2.45 bits per heavy atom. The first kappa shape index (κ1) is 21.1. The molecule has 6 nitrogen and oxygen atoms in total. The van der Waals surface area contributed by atoms with Crippen molar-refractivity contribution in [3.05, 3.63) is 88.3 Å². The fourth-order valence-corrected chi connectivity index (χ4v) is 5.47. The van der Waals surface area contributed by atoms with Crippen LogP contribution in [0.15, 0.2) is 77.9 Å². The van der Waals surface area contributed by atoms with Gasteiger partial charge >= 0.3 is 0 Å².